The van der Waals surface area contributed by atoms with Gasteiger partial charge in [0, 0.05) is 55.6 Å². The van der Waals surface area contributed by atoms with E-state index < -0.39 is 6.03 Å². The molecular formula is C16H19N5O. The quantitative estimate of drug-likeness (QED) is 0.907. The smallest absolute Gasteiger partial charge is 0.316 e. The maximum atomic E-state index is 10.8. The van der Waals surface area contributed by atoms with Gasteiger partial charge in [-0.05, 0) is 36.4 Å². The first kappa shape index (κ1) is 14.2. The Morgan fingerprint density at radius 3 is 1.91 bits per heavy atom. The molecule has 0 unspecified atom stereocenters. The number of aromatic nitrogens is 1. The van der Waals surface area contributed by atoms with Crippen LogP contribution in [0.15, 0.2) is 48.8 Å². The molecule has 22 heavy (non-hydrogen) atoms. The molecule has 0 aliphatic carbocycles. The van der Waals surface area contributed by atoms with Crippen LogP contribution in [0.5, 0.6) is 0 Å². The highest BCUT2D eigenvalue weighted by Crippen LogP contribution is 2.21. The zero-order valence-electron chi connectivity index (χ0n) is 12.3. The molecule has 0 atom stereocenters. The molecule has 1 fully saturated rings. The first-order valence-electron chi connectivity index (χ1n) is 7.29. The van der Waals surface area contributed by atoms with Crippen molar-refractivity contribution in [3.8, 4) is 0 Å². The SMILES string of the molecule is NC(=O)Nc1ccc(N2CCN(c3ccncc3)CC2)cc1. The van der Waals surface area contributed by atoms with Gasteiger partial charge < -0.3 is 20.9 Å². The molecule has 1 aliphatic rings. The number of nitrogens with one attached hydrogen (secondary N) is 1. The van der Waals surface area contributed by atoms with E-state index in [9.17, 15) is 4.79 Å². The fourth-order valence-electron chi connectivity index (χ4n) is 2.68. The van der Waals surface area contributed by atoms with Crippen LogP contribution < -0.4 is 20.9 Å². The van der Waals surface area contributed by atoms with Crippen molar-refractivity contribution in [2.24, 2.45) is 5.73 Å². The van der Waals surface area contributed by atoms with Gasteiger partial charge in [0.05, 0.1) is 0 Å². The fourth-order valence-corrected chi connectivity index (χ4v) is 2.68. The minimum absolute atomic E-state index is 0.543. The Hall–Kier alpha value is -2.76. The lowest BCUT2D eigenvalue weighted by atomic mass is 10.2. The van der Waals surface area contributed by atoms with Crippen molar-refractivity contribution in [1.29, 1.82) is 0 Å². The Kier molecular flexibility index (Phi) is 4.09. The van der Waals surface area contributed by atoms with Gasteiger partial charge in [-0.25, -0.2) is 4.79 Å². The number of pyridine rings is 1. The topological polar surface area (TPSA) is 74.5 Å². The average molecular weight is 297 g/mol. The van der Waals surface area contributed by atoms with Gasteiger partial charge in [-0.1, -0.05) is 0 Å². The summed E-state index contributed by atoms with van der Waals surface area (Å²) >= 11 is 0. The standard InChI is InChI=1S/C16H19N5O/c17-16(22)19-13-1-3-14(4-2-13)20-9-11-21(12-10-20)15-5-7-18-8-6-15/h1-8H,9-12H2,(H3,17,19,22). The van der Waals surface area contributed by atoms with Crippen LogP contribution in [0.4, 0.5) is 21.9 Å². The fraction of sp³-hybridized carbons (Fsp3) is 0.250. The highest BCUT2D eigenvalue weighted by atomic mass is 16.2. The molecule has 1 aromatic carbocycles. The van der Waals surface area contributed by atoms with Crippen LogP contribution in [-0.2, 0) is 0 Å². The van der Waals surface area contributed by atoms with Gasteiger partial charge in [0.25, 0.3) is 0 Å². The number of amides is 2. The number of hydrogen-bond acceptors (Lipinski definition) is 4. The van der Waals surface area contributed by atoms with E-state index in [0.29, 0.717) is 5.69 Å². The third-order valence-electron chi connectivity index (χ3n) is 3.81. The van der Waals surface area contributed by atoms with Crippen molar-refractivity contribution in [1.82, 2.24) is 4.98 Å². The monoisotopic (exact) mass is 297 g/mol. The number of hydrogen-bond donors (Lipinski definition) is 2. The molecule has 6 nitrogen and oxygen atoms in total. The van der Waals surface area contributed by atoms with E-state index >= 15 is 0 Å². The van der Waals surface area contributed by atoms with E-state index in [1.54, 1.807) is 0 Å². The Bertz CT molecular complexity index is 621. The Morgan fingerprint density at radius 1 is 0.909 bits per heavy atom. The first-order valence-corrected chi connectivity index (χ1v) is 7.29. The van der Waals surface area contributed by atoms with E-state index in [1.807, 2.05) is 48.8 Å². The third kappa shape index (κ3) is 3.28. The second-order valence-electron chi connectivity index (χ2n) is 5.22. The summed E-state index contributed by atoms with van der Waals surface area (Å²) in [6.07, 6.45) is 3.65. The van der Waals surface area contributed by atoms with Gasteiger partial charge in [0.15, 0.2) is 0 Å². The van der Waals surface area contributed by atoms with Crippen LogP contribution in [0, 0.1) is 0 Å². The van der Waals surface area contributed by atoms with Gasteiger partial charge >= 0.3 is 6.03 Å². The highest BCUT2D eigenvalue weighted by Gasteiger charge is 2.17. The number of nitrogens with zero attached hydrogens (tertiary/aromatic N) is 3. The summed E-state index contributed by atoms with van der Waals surface area (Å²) < 4.78 is 0. The van der Waals surface area contributed by atoms with Crippen LogP contribution in [0.2, 0.25) is 0 Å². The molecule has 0 bridgehead atoms. The van der Waals surface area contributed by atoms with Crippen molar-refractivity contribution in [3.05, 3.63) is 48.8 Å². The molecule has 1 saturated heterocycles. The third-order valence-corrected chi connectivity index (χ3v) is 3.81. The van der Waals surface area contributed by atoms with Crippen LogP contribution in [0.3, 0.4) is 0 Å². The van der Waals surface area contributed by atoms with Crippen molar-refractivity contribution < 1.29 is 4.79 Å². The van der Waals surface area contributed by atoms with Crippen LogP contribution >= 0.6 is 0 Å². The highest BCUT2D eigenvalue weighted by molar-refractivity contribution is 5.87. The minimum Gasteiger partial charge on any atom is -0.368 e. The maximum Gasteiger partial charge on any atom is 0.316 e. The molecular weight excluding hydrogens is 278 g/mol. The molecule has 0 saturated carbocycles. The Labute approximate surface area is 129 Å². The Balaban J connectivity index is 1.60. The zero-order chi connectivity index (χ0) is 15.4. The predicted molar refractivity (Wildman–Crippen MR) is 88.3 cm³/mol. The summed E-state index contributed by atoms with van der Waals surface area (Å²) in [6, 6.07) is 11.3. The number of nitrogens with two attached hydrogens (primary N) is 1. The first-order chi connectivity index (χ1) is 10.7. The number of piperazine rings is 1. The lowest BCUT2D eigenvalue weighted by Gasteiger charge is -2.37. The zero-order valence-corrected chi connectivity index (χ0v) is 12.3. The molecule has 3 N–H and O–H groups in total. The van der Waals surface area contributed by atoms with E-state index in [2.05, 4.69) is 20.1 Å². The summed E-state index contributed by atoms with van der Waals surface area (Å²) in [7, 11) is 0. The second-order valence-corrected chi connectivity index (χ2v) is 5.22. The normalized spacial score (nSPS) is 14.7. The molecule has 1 aliphatic heterocycles. The second kappa shape index (κ2) is 6.34. The number of carbonyl (C=O) groups excluding carboxylic acids is 1. The van der Waals surface area contributed by atoms with Crippen LogP contribution in [-0.4, -0.2) is 37.2 Å². The number of anilines is 3. The van der Waals surface area contributed by atoms with Crippen molar-refractivity contribution >= 4 is 23.1 Å². The van der Waals surface area contributed by atoms with Gasteiger partial charge in [0.1, 0.15) is 0 Å². The maximum absolute atomic E-state index is 10.8. The lowest BCUT2D eigenvalue weighted by molar-refractivity contribution is 0.259. The van der Waals surface area contributed by atoms with Gasteiger partial charge in [0.2, 0.25) is 0 Å². The van der Waals surface area contributed by atoms with E-state index in [1.165, 1.54) is 5.69 Å². The van der Waals surface area contributed by atoms with Gasteiger partial charge in [-0.15, -0.1) is 0 Å². The summed E-state index contributed by atoms with van der Waals surface area (Å²) in [4.78, 5) is 19.6. The number of benzene rings is 1. The number of primary amides is 1. The molecule has 0 spiro atoms. The molecule has 2 amide bonds. The van der Waals surface area contributed by atoms with Crippen molar-refractivity contribution in [2.75, 3.05) is 41.3 Å². The summed E-state index contributed by atoms with van der Waals surface area (Å²) in [5.74, 6) is 0. The number of urea groups is 1. The number of rotatable bonds is 3. The van der Waals surface area contributed by atoms with Gasteiger partial charge in [-0.2, -0.15) is 0 Å². The summed E-state index contributed by atoms with van der Waals surface area (Å²) in [5, 5.41) is 2.57. The molecule has 1 aromatic heterocycles. The summed E-state index contributed by atoms with van der Waals surface area (Å²) in [6.45, 7) is 3.88. The molecule has 3 rings (SSSR count). The lowest BCUT2D eigenvalue weighted by Crippen LogP contribution is -2.46. The van der Waals surface area contributed by atoms with Gasteiger partial charge in [-0.3, -0.25) is 4.98 Å². The Morgan fingerprint density at radius 2 is 1.41 bits per heavy atom. The molecule has 2 heterocycles. The number of carbonyl (C=O) groups is 1. The van der Waals surface area contributed by atoms with Crippen LogP contribution in [0.25, 0.3) is 0 Å². The van der Waals surface area contributed by atoms with E-state index in [4.69, 9.17) is 5.73 Å². The average Bonchev–Trinajstić information content (AvgIpc) is 2.56. The molecule has 6 heteroatoms. The molecule has 2 aromatic rings. The minimum atomic E-state index is -0.543. The summed E-state index contributed by atoms with van der Waals surface area (Å²) in [5.41, 5.74) is 8.20. The van der Waals surface area contributed by atoms with Crippen LogP contribution in [0.1, 0.15) is 0 Å². The molecule has 114 valence electrons. The largest absolute Gasteiger partial charge is 0.368 e. The van der Waals surface area contributed by atoms with Crippen molar-refractivity contribution in [2.45, 2.75) is 0 Å². The molecule has 0 radical (unpaired) electrons. The predicted octanol–water partition coefficient (Wildman–Crippen LogP) is 1.90. The van der Waals surface area contributed by atoms with E-state index in [0.717, 1.165) is 31.9 Å². The van der Waals surface area contributed by atoms with Crippen molar-refractivity contribution in [3.63, 3.8) is 0 Å². The van der Waals surface area contributed by atoms with E-state index in [-0.39, 0.29) is 0 Å².